The molecule has 0 aromatic rings. The third-order valence-electron chi connectivity index (χ3n) is 7.47. The number of amides is 2. The fourth-order valence-electron chi connectivity index (χ4n) is 5.44. The zero-order chi connectivity index (χ0) is 20.3. The maximum absolute atomic E-state index is 12.5. The van der Waals surface area contributed by atoms with E-state index >= 15 is 0 Å². The third-order valence-corrected chi connectivity index (χ3v) is 7.47. The molecule has 3 rings (SSSR count). The Morgan fingerprint density at radius 3 is 1.86 bits per heavy atom. The molecule has 5 nitrogen and oxygen atoms in total. The van der Waals surface area contributed by atoms with Gasteiger partial charge in [0.2, 0.25) is 11.8 Å². The highest BCUT2D eigenvalue weighted by molar-refractivity contribution is 5.76. The van der Waals surface area contributed by atoms with Crippen LogP contribution in [0.25, 0.3) is 0 Å². The van der Waals surface area contributed by atoms with Gasteiger partial charge < -0.3 is 10.2 Å². The van der Waals surface area contributed by atoms with E-state index in [-0.39, 0.29) is 5.91 Å². The molecule has 0 radical (unpaired) electrons. The Bertz CT molecular complexity index is 488. The number of carbonyl (C=O) groups excluding carboxylic acids is 2. The van der Waals surface area contributed by atoms with Crippen LogP contribution in [0.15, 0.2) is 0 Å². The topological polar surface area (TPSA) is 52.7 Å². The predicted molar refractivity (Wildman–Crippen MR) is 118 cm³/mol. The normalized spacial score (nSPS) is 22.6. The first-order valence-corrected chi connectivity index (χ1v) is 12.5. The van der Waals surface area contributed by atoms with Crippen molar-refractivity contribution < 1.29 is 9.59 Å². The number of carbonyl (C=O) groups is 2. The largest absolute Gasteiger partial charge is 0.355 e. The number of hydrogen-bond acceptors (Lipinski definition) is 3. The summed E-state index contributed by atoms with van der Waals surface area (Å²) in [6.07, 6.45) is 17.0. The van der Waals surface area contributed by atoms with E-state index < -0.39 is 0 Å². The summed E-state index contributed by atoms with van der Waals surface area (Å²) < 4.78 is 0. The van der Waals surface area contributed by atoms with Gasteiger partial charge in [-0.1, -0.05) is 64.2 Å². The molecule has 166 valence electrons. The van der Waals surface area contributed by atoms with Gasteiger partial charge in [0.05, 0.1) is 0 Å². The van der Waals surface area contributed by atoms with Crippen molar-refractivity contribution in [2.75, 3.05) is 39.3 Å². The van der Waals surface area contributed by atoms with Crippen molar-refractivity contribution in [2.45, 2.75) is 89.9 Å². The molecule has 2 saturated carbocycles. The van der Waals surface area contributed by atoms with Crippen LogP contribution in [0.1, 0.15) is 89.9 Å². The minimum atomic E-state index is 0.215. The van der Waals surface area contributed by atoms with Gasteiger partial charge >= 0.3 is 0 Å². The Balaban J connectivity index is 1.21. The van der Waals surface area contributed by atoms with Crippen LogP contribution in [0.3, 0.4) is 0 Å². The summed E-state index contributed by atoms with van der Waals surface area (Å²) in [5, 5.41) is 3.10. The lowest BCUT2D eigenvalue weighted by Gasteiger charge is -2.35. The molecule has 0 unspecified atom stereocenters. The Morgan fingerprint density at radius 1 is 0.724 bits per heavy atom. The highest BCUT2D eigenvalue weighted by Gasteiger charge is 2.22. The van der Waals surface area contributed by atoms with Crippen LogP contribution < -0.4 is 5.32 Å². The smallest absolute Gasteiger partial charge is 0.222 e. The Kier molecular flexibility index (Phi) is 9.78. The second-order valence-corrected chi connectivity index (χ2v) is 9.66. The molecule has 0 spiro atoms. The lowest BCUT2D eigenvalue weighted by Crippen LogP contribution is -2.50. The molecule has 0 atom stereocenters. The molecule has 3 aliphatic rings. The molecular formula is C24H43N3O2. The van der Waals surface area contributed by atoms with Crippen molar-refractivity contribution in [3.8, 4) is 0 Å². The fraction of sp³-hybridized carbons (Fsp3) is 0.917. The van der Waals surface area contributed by atoms with Crippen LogP contribution in [0, 0.1) is 11.8 Å². The first-order valence-electron chi connectivity index (χ1n) is 12.5. The van der Waals surface area contributed by atoms with E-state index in [9.17, 15) is 9.59 Å². The summed E-state index contributed by atoms with van der Waals surface area (Å²) in [4.78, 5) is 29.0. The molecular weight excluding hydrogens is 362 g/mol. The summed E-state index contributed by atoms with van der Waals surface area (Å²) in [7, 11) is 0. The number of rotatable bonds is 9. The molecule has 1 heterocycles. The maximum atomic E-state index is 12.5. The van der Waals surface area contributed by atoms with Crippen molar-refractivity contribution >= 4 is 11.8 Å². The van der Waals surface area contributed by atoms with Crippen molar-refractivity contribution in [3.63, 3.8) is 0 Å². The molecule has 29 heavy (non-hydrogen) atoms. The van der Waals surface area contributed by atoms with Crippen LogP contribution >= 0.6 is 0 Å². The van der Waals surface area contributed by atoms with Gasteiger partial charge in [0.15, 0.2) is 0 Å². The number of nitrogens with zero attached hydrogens (tertiary/aromatic N) is 2. The van der Waals surface area contributed by atoms with E-state index in [2.05, 4.69) is 15.1 Å². The van der Waals surface area contributed by atoms with E-state index in [0.717, 1.165) is 70.4 Å². The van der Waals surface area contributed by atoms with Crippen molar-refractivity contribution in [1.29, 1.82) is 0 Å². The van der Waals surface area contributed by atoms with E-state index in [0.29, 0.717) is 12.3 Å². The Labute approximate surface area is 178 Å². The molecule has 3 fully saturated rings. The molecule has 1 aliphatic heterocycles. The first-order chi connectivity index (χ1) is 14.2. The molecule has 2 amide bonds. The zero-order valence-corrected chi connectivity index (χ0v) is 18.5. The van der Waals surface area contributed by atoms with Gasteiger partial charge in [0, 0.05) is 52.1 Å². The van der Waals surface area contributed by atoms with Crippen LogP contribution in [-0.4, -0.2) is 60.9 Å². The van der Waals surface area contributed by atoms with Crippen molar-refractivity contribution in [2.24, 2.45) is 11.8 Å². The SMILES string of the molecule is O=C(CCC1CCCCC1)NCCN1CCN(C(=O)CCC2CCCCC2)CC1. The van der Waals surface area contributed by atoms with Gasteiger partial charge in [-0.25, -0.2) is 0 Å². The summed E-state index contributed by atoms with van der Waals surface area (Å²) in [6.45, 7) is 5.21. The predicted octanol–water partition coefficient (Wildman–Crippen LogP) is 3.97. The number of piperazine rings is 1. The first kappa shape index (κ1) is 22.6. The average Bonchev–Trinajstić information content (AvgIpc) is 2.78. The minimum Gasteiger partial charge on any atom is -0.355 e. The van der Waals surface area contributed by atoms with Crippen LogP contribution in [0.5, 0.6) is 0 Å². The van der Waals surface area contributed by atoms with E-state index in [1.54, 1.807) is 0 Å². The molecule has 1 saturated heterocycles. The van der Waals surface area contributed by atoms with Gasteiger partial charge in [0.1, 0.15) is 0 Å². The number of hydrogen-bond donors (Lipinski definition) is 1. The Hall–Kier alpha value is -1.10. The fourth-order valence-corrected chi connectivity index (χ4v) is 5.44. The van der Waals surface area contributed by atoms with Gasteiger partial charge in [-0.2, -0.15) is 0 Å². The summed E-state index contributed by atoms with van der Waals surface area (Å²) >= 11 is 0. The average molecular weight is 406 g/mol. The number of nitrogens with one attached hydrogen (secondary N) is 1. The third kappa shape index (κ3) is 8.27. The van der Waals surface area contributed by atoms with Crippen LogP contribution in [0.2, 0.25) is 0 Å². The quantitative estimate of drug-likeness (QED) is 0.631. The van der Waals surface area contributed by atoms with Crippen molar-refractivity contribution in [1.82, 2.24) is 15.1 Å². The zero-order valence-electron chi connectivity index (χ0n) is 18.5. The van der Waals surface area contributed by atoms with Gasteiger partial charge in [-0.3, -0.25) is 14.5 Å². The van der Waals surface area contributed by atoms with Crippen LogP contribution in [0.4, 0.5) is 0 Å². The van der Waals surface area contributed by atoms with E-state index in [1.165, 1.54) is 64.2 Å². The van der Waals surface area contributed by atoms with Crippen molar-refractivity contribution in [3.05, 3.63) is 0 Å². The van der Waals surface area contributed by atoms with E-state index in [4.69, 9.17) is 0 Å². The van der Waals surface area contributed by atoms with Crippen LogP contribution in [-0.2, 0) is 9.59 Å². The van der Waals surface area contributed by atoms with Gasteiger partial charge in [0.25, 0.3) is 0 Å². The maximum Gasteiger partial charge on any atom is 0.222 e. The second-order valence-electron chi connectivity index (χ2n) is 9.66. The standard InChI is InChI=1S/C24H43N3O2/c28-23(13-11-21-7-3-1-4-8-21)25-15-16-26-17-19-27(20-18-26)24(29)14-12-22-9-5-2-6-10-22/h21-22H,1-20H2,(H,25,28). The summed E-state index contributed by atoms with van der Waals surface area (Å²) in [5.74, 6) is 2.13. The highest BCUT2D eigenvalue weighted by atomic mass is 16.2. The second kappa shape index (κ2) is 12.6. The molecule has 0 aromatic carbocycles. The highest BCUT2D eigenvalue weighted by Crippen LogP contribution is 2.28. The molecule has 2 aliphatic carbocycles. The molecule has 5 heteroatoms. The minimum absolute atomic E-state index is 0.215. The molecule has 0 bridgehead atoms. The lowest BCUT2D eigenvalue weighted by molar-refractivity contribution is -0.133. The van der Waals surface area contributed by atoms with Gasteiger partial charge in [-0.05, 0) is 24.7 Å². The lowest BCUT2D eigenvalue weighted by atomic mass is 9.86. The summed E-state index contributed by atoms with van der Waals surface area (Å²) in [6, 6.07) is 0. The summed E-state index contributed by atoms with van der Waals surface area (Å²) in [5.41, 5.74) is 0. The Morgan fingerprint density at radius 2 is 1.28 bits per heavy atom. The monoisotopic (exact) mass is 405 g/mol. The molecule has 1 N–H and O–H groups in total. The molecule has 0 aromatic heterocycles. The van der Waals surface area contributed by atoms with Gasteiger partial charge in [-0.15, -0.1) is 0 Å². The van der Waals surface area contributed by atoms with E-state index in [1.807, 2.05) is 0 Å².